The number of ether oxygens (including phenoxy) is 1. The van der Waals surface area contributed by atoms with Crippen LogP contribution in [0.2, 0.25) is 5.02 Å². The fourth-order valence-corrected chi connectivity index (χ4v) is 2.39. The predicted octanol–water partition coefficient (Wildman–Crippen LogP) is 2.40. The van der Waals surface area contributed by atoms with E-state index >= 15 is 0 Å². The third-order valence-electron chi connectivity index (χ3n) is 3.06. The minimum Gasteiger partial charge on any atom is -0.445 e. The van der Waals surface area contributed by atoms with Gasteiger partial charge in [0.1, 0.15) is 6.10 Å². The van der Waals surface area contributed by atoms with E-state index in [9.17, 15) is 4.79 Å². The molecule has 1 saturated heterocycles. The largest absolute Gasteiger partial charge is 0.445 e. The van der Waals surface area contributed by atoms with Crippen molar-refractivity contribution in [3.63, 3.8) is 0 Å². The molecule has 1 atom stereocenters. The van der Waals surface area contributed by atoms with E-state index < -0.39 is 6.09 Å². The number of hydrogen-bond acceptors (Lipinski definition) is 3. The summed E-state index contributed by atoms with van der Waals surface area (Å²) in [7, 11) is 0. The number of carbonyl (C=O) groups is 1. The van der Waals surface area contributed by atoms with E-state index in [-0.39, 0.29) is 6.10 Å². The van der Waals surface area contributed by atoms with Gasteiger partial charge in [-0.2, -0.15) is 0 Å². The van der Waals surface area contributed by atoms with Gasteiger partial charge in [0.15, 0.2) is 0 Å². The standard InChI is InChI=1S/C13H17ClN2O2/c14-11-5-3-10(4-6-11)8-16-7-1-2-12(9-16)18-13(15)17/h3-6,12H,1-2,7-9H2,(H2,15,17)/t12-/m1/s1. The van der Waals surface area contributed by atoms with Crippen LogP contribution in [0.25, 0.3) is 0 Å². The van der Waals surface area contributed by atoms with Gasteiger partial charge in [0.2, 0.25) is 0 Å². The van der Waals surface area contributed by atoms with Crippen molar-refractivity contribution >= 4 is 17.7 Å². The lowest BCUT2D eigenvalue weighted by Crippen LogP contribution is -2.40. The lowest BCUT2D eigenvalue weighted by molar-refractivity contribution is 0.0447. The average molecular weight is 269 g/mol. The van der Waals surface area contributed by atoms with Crippen LogP contribution in [-0.2, 0) is 11.3 Å². The highest BCUT2D eigenvalue weighted by Gasteiger charge is 2.22. The second kappa shape index (κ2) is 6.07. The first kappa shape index (κ1) is 13.2. The molecule has 0 spiro atoms. The monoisotopic (exact) mass is 268 g/mol. The van der Waals surface area contributed by atoms with Gasteiger partial charge < -0.3 is 10.5 Å². The summed E-state index contributed by atoms with van der Waals surface area (Å²) in [5, 5.41) is 0.743. The van der Waals surface area contributed by atoms with E-state index in [1.165, 1.54) is 5.56 Å². The lowest BCUT2D eigenvalue weighted by atomic mass is 10.1. The molecule has 0 saturated carbocycles. The van der Waals surface area contributed by atoms with E-state index in [1.54, 1.807) is 0 Å². The molecule has 0 aliphatic carbocycles. The number of rotatable bonds is 3. The highest BCUT2D eigenvalue weighted by molar-refractivity contribution is 6.30. The molecule has 5 heteroatoms. The molecule has 0 radical (unpaired) electrons. The van der Waals surface area contributed by atoms with Gasteiger partial charge in [0.25, 0.3) is 0 Å². The second-order valence-electron chi connectivity index (χ2n) is 4.56. The molecule has 2 rings (SSSR count). The molecule has 1 aromatic carbocycles. The number of hydrogen-bond donors (Lipinski definition) is 1. The van der Waals surface area contributed by atoms with Gasteiger partial charge in [-0.1, -0.05) is 23.7 Å². The van der Waals surface area contributed by atoms with Crippen LogP contribution >= 0.6 is 11.6 Å². The summed E-state index contributed by atoms with van der Waals surface area (Å²) >= 11 is 5.85. The molecule has 0 unspecified atom stereocenters. The fourth-order valence-electron chi connectivity index (χ4n) is 2.27. The lowest BCUT2D eigenvalue weighted by Gasteiger charge is -2.31. The first-order chi connectivity index (χ1) is 8.63. The Morgan fingerprint density at radius 1 is 1.44 bits per heavy atom. The van der Waals surface area contributed by atoms with Crippen molar-refractivity contribution in [1.29, 1.82) is 0 Å². The van der Waals surface area contributed by atoms with Gasteiger partial charge in [-0.15, -0.1) is 0 Å². The number of benzene rings is 1. The maximum Gasteiger partial charge on any atom is 0.404 e. The molecule has 0 aromatic heterocycles. The van der Waals surface area contributed by atoms with Crippen LogP contribution in [-0.4, -0.2) is 30.2 Å². The van der Waals surface area contributed by atoms with Gasteiger partial charge in [0.05, 0.1) is 0 Å². The Balaban J connectivity index is 1.89. The summed E-state index contributed by atoms with van der Waals surface area (Å²) < 4.78 is 5.05. The maximum absolute atomic E-state index is 10.7. The Labute approximate surface area is 112 Å². The molecule has 2 N–H and O–H groups in total. The van der Waals surface area contributed by atoms with Crippen LogP contribution in [0.4, 0.5) is 4.79 Å². The minimum atomic E-state index is -0.687. The number of primary amides is 1. The number of nitrogens with two attached hydrogens (primary N) is 1. The molecule has 1 aliphatic rings. The van der Waals surface area contributed by atoms with Crippen molar-refractivity contribution in [2.45, 2.75) is 25.5 Å². The van der Waals surface area contributed by atoms with Gasteiger partial charge in [0, 0.05) is 18.1 Å². The number of amides is 1. The van der Waals surface area contributed by atoms with Crippen LogP contribution in [0.1, 0.15) is 18.4 Å². The van der Waals surface area contributed by atoms with Gasteiger partial charge in [-0.25, -0.2) is 4.79 Å². The highest BCUT2D eigenvalue weighted by Crippen LogP contribution is 2.17. The van der Waals surface area contributed by atoms with Crippen LogP contribution < -0.4 is 5.73 Å². The molecule has 18 heavy (non-hydrogen) atoms. The zero-order valence-corrected chi connectivity index (χ0v) is 10.9. The van der Waals surface area contributed by atoms with Gasteiger partial charge in [-0.05, 0) is 37.1 Å². The van der Waals surface area contributed by atoms with Crippen molar-refractivity contribution in [1.82, 2.24) is 4.90 Å². The number of piperidine rings is 1. The number of likely N-dealkylation sites (tertiary alicyclic amines) is 1. The molecular weight excluding hydrogens is 252 g/mol. The van der Waals surface area contributed by atoms with Gasteiger partial charge >= 0.3 is 6.09 Å². The van der Waals surface area contributed by atoms with E-state index in [2.05, 4.69) is 4.90 Å². The number of carbonyl (C=O) groups excluding carboxylic acids is 1. The molecular formula is C13H17ClN2O2. The average Bonchev–Trinajstić information content (AvgIpc) is 2.32. The predicted molar refractivity (Wildman–Crippen MR) is 70.4 cm³/mol. The summed E-state index contributed by atoms with van der Waals surface area (Å²) in [4.78, 5) is 13.0. The van der Waals surface area contributed by atoms with Crippen molar-refractivity contribution in [2.24, 2.45) is 5.73 Å². The topological polar surface area (TPSA) is 55.6 Å². The Kier molecular flexibility index (Phi) is 4.44. The van der Waals surface area contributed by atoms with E-state index in [0.717, 1.165) is 37.5 Å². The van der Waals surface area contributed by atoms with Crippen LogP contribution in [0.15, 0.2) is 24.3 Å². The van der Waals surface area contributed by atoms with Crippen molar-refractivity contribution in [3.8, 4) is 0 Å². The Bertz CT molecular complexity index is 408. The fraction of sp³-hybridized carbons (Fsp3) is 0.462. The van der Waals surface area contributed by atoms with E-state index in [4.69, 9.17) is 22.1 Å². The molecule has 1 aliphatic heterocycles. The third-order valence-corrected chi connectivity index (χ3v) is 3.32. The SMILES string of the molecule is NC(=O)O[C@@H]1CCCN(Cc2ccc(Cl)cc2)C1. The Morgan fingerprint density at radius 2 is 2.17 bits per heavy atom. The van der Waals surface area contributed by atoms with Crippen molar-refractivity contribution in [3.05, 3.63) is 34.9 Å². The first-order valence-corrected chi connectivity index (χ1v) is 6.44. The molecule has 1 heterocycles. The maximum atomic E-state index is 10.7. The third kappa shape index (κ3) is 3.89. The molecule has 1 fully saturated rings. The summed E-state index contributed by atoms with van der Waals surface area (Å²) in [6.45, 7) is 2.60. The van der Waals surface area contributed by atoms with Gasteiger partial charge in [-0.3, -0.25) is 4.90 Å². The second-order valence-corrected chi connectivity index (χ2v) is 5.00. The van der Waals surface area contributed by atoms with Crippen molar-refractivity contribution < 1.29 is 9.53 Å². The highest BCUT2D eigenvalue weighted by atomic mass is 35.5. The first-order valence-electron chi connectivity index (χ1n) is 6.06. The van der Waals surface area contributed by atoms with Crippen LogP contribution in [0.3, 0.4) is 0 Å². The van der Waals surface area contributed by atoms with Crippen LogP contribution in [0.5, 0.6) is 0 Å². The Morgan fingerprint density at radius 3 is 2.83 bits per heavy atom. The minimum absolute atomic E-state index is 0.0800. The molecule has 0 bridgehead atoms. The summed E-state index contributed by atoms with van der Waals surface area (Å²) in [5.41, 5.74) is 6.25. The summed E-state index contributed by atoms with van der Waals surface area (Å²) in [5.74, 6) is 0. The molecule has 1 aromatic rings. The number of nitrogens with zero attached hydrogens (tertiary/aromatic N) is 1. The molecule has 4 nitrogen and oxygen atoms in total. The summed E-state index contributed by atoms with van der Waals surface area (Å²) in [6, 6.07) is 7.80. The summed E-state index contributed by atoms with van der Waals surface area (Å²) in [6.07, 6.45) is 1.14. The molecule has 98 valence electrons. The molecule has 1 amide bonds. The quantitative estimate of drug-likeness (QED) is 0.916. The zero-order valence-electron chi connectivity index (χ0n) is 10.1. The van der Waals surface area contributed by atoms with Crippen molar-refractivity contribution in [2.75, 3.05) is 13.1 Å². The normalized spacial score (nSPS) is 20.6. The van der Waals surface area contributed by atoms with E-state index in [1.807, 2.05) is 24.3 Å². The van der Waals surface area contributed by atoms with Crippen LogP contribution in [0, 0.1) is 0 Å². The smallest absolute Gasteiger partial charge is 0.404 e. The van der Waals surface area contributed by atoms with E-state index in [0.29, 0.717) is 0 Å². The Hall–Kier alpha value is -1.26. The zero-order chi connectivity index (χ0) is 13.0. The number of halogens is 1.